The molecule has 0 saturated heterocycles. The zero-order valence-corrected chi connectivity index (χ0v) is 17.3. The highest BCUT2D eigenvalue weighted by Gasteiger charge is 2.26. The van der Waals surface area contributed by atoms with E-state index in [0.717, 1.165) is 41.6 Å². The van der Waals surface area contributed by atoms with Gasteiger partial charge in [-0.1, -0.05) is 31.2 Å². The molecule has 0 bridgehead atoms. The van der Waals surface area contributed by atoms with Crippen LogP contribution < -0.4 is 16.2 Å². The summed E-state index contributed by atoms with van der Waals surface area (Å²) in [5.41, 5.74) is 3.76. The highest BCUT2D eigenvalue weighted by Crippen LogP contribution is 2.23. The minimum atomic E-state index is -0.357. The summed E-state index contributed by atoms with van der Waals surface area (Å²) in [5.74, 6) is -0.357. The first-order valence-corrected chi connectivity index (χ1v) is 10.4. The maximum absolute atomic E-state index is 13.0. The van der Waals surface area contributed by atoms with Gasteiger partial charge in [0.05, 0.1) is 5.39 Å². The Morgan fingerprint density at radius 2 is 2.16 bits per heavy atom. The Bertz CT molecular complexity index is 1240. The number of nitrogens with one attached hydrogen (secondary N) is 1. The van der Waals surface area contributed by atoms with Crippen molar-refractivity contribution in [1.82, 2.24) is 14.9 Å². The molecule has 158 valence electrons. The summed E-state index contributed by atoms with van der Waals surface area (Å²) >= 11 is 0. The lowest BCUT2D eigenvalue weighted by molar-refractivity contribution is -0.837. The molecule has 1 aromatic carbocycles. The van der Waals surface area contributed by atoms with Crippen LogP contribution in [-0.4, -0.2) is 26.7 Å². The van der Waals surface area contributed by atoms with E-state index in [1.54, 1.807) is 35.3 Å². The van der Waals surface area contributed by atoms with Crippen molar-refractivity contribution in [3.05, 3.63) is 88.5 Å². The Kier molecular flexibility index (Phi) is 6.06. The Hall–Kier alpha value is -3.55. The van der Waals surface area contributed by atoms with Crippen LogP contribution in [0.4, 0.5) is 0 Å². The molecule has 1 saturated carbocycles. The average Bonchev–Trinajstić information content (AvgIpc) is 3.61. The number of carbonyl (C=O) groups excluding carboxylic acids is 1. The Morgan fingerprint density at radius 1 is 1.32 bits per heavy atom. The number of allylic oxidation sites excluding steroid dienone is 3. The van der Waals surface area contributed by atoms with Crippen molar-refractivity contribution in [3.63, 3.8) is 0 Å². The molecule has 1 aliphatic rings. The molecule has 31 heavy (non-hydrogen) atoms. The average molecular weight is 417 g/mol. The van der Waals surface area contributed by atoms with Crippen LogP contribution in [0.3, 0.4) is 0 Å². The van der Waals surface area contributed by atoms with Crippen molar-refractivity contribution in [2.45, 2.75) is 32.2 Å². The van der Waals surface area contributed by atoms with Crippen molar-refractivity contribution in [1.29, 1.82) is 0 Å². The molecule has 7 nitrogen and oxygen atoms in total. The second kappa shape index (κ2) is 9.07. The molecule has 4 rings (SSSR count). The smallest absolute Gasteiger partial charge is 0.257 e. The van der Waals surface area contributed by atoms with E-state index in [9.17, 15) is 14.8 Å². The third-order valence-corrected chi connectivity index (χ3v) is 5.16. The number of nitrogens with two attached hydrogens (primary N) is 1. The first kappa shape index (κ1) is 20.7. The third-order valence-electron chi connectivity index (χ3n) is 5.16. The van der Waals surface area contributed by atoms with Crippen molar-refractivity contribution in [2.75, 3.05) is 0 Å². The van der Waals surface area contributed by atoms with E-state index in [4.69, 9.17) is 0 Å². The van der Waals surface area contributed by atoms with E-state index < -0.39 is 0 Å². The van der Waals surface area contributed by atoms with Crippen LogP contribution in [0.25, 0.3) is 22.3 Å². The van der Waals surface area contributed by atoms with Crippen molar-refractivity contribution >= 4 is 22.5 Å². The number of amides is 1. The van der Waals surface area contributed by atoms with E-state index in [2.05, 4.69) is 10.3 Å². The van der Waals surface area contributed by atoms with Gasteiger partial charge < -0.3 is 9.88 Å². The fourth-order valence-electron chi connectivity index (χ4n) is 3.42. The van der Waals surface area contributed by atoms with E-state index in [1.807, 2.05) is 43.3 Å². The van der Waals surface area contributed by atoms with Crippen LogP contribution in [0.5, 0.6) is 0 Å². The van der Waals surface area contributed by atoms with Crippen LogP contribution >= 0.6 is 0 Å². The van der Waals surface area contributed by atoms with Gasteiger partial charge >= 0.3 is 0 Å². The predicted molar refractivity (Wildman–Crippen MR) is 119 cm³/mol. The SMILES string of the molecule is CC/C=C\C(=C/[NH2+]O)c1cccc(-n2cc(C(=O)NC3CC3)c(=O)c3cccnc32)c1. The summed E-state index contributed by atoms with van der Waals surface area (Å²) in [6.45, 7) is 2.04. The second-order valence-electron chi connectivity index (χ2n) is 7.50. The largest absolute Gasteiger partial charge is 0.349 e. The van der Waals surface area contributed by atoms with E-state index in [0.29, 0.717) is 11.0 Å². The Labute approximate surface area is 179 Å². The fraction of sp³-hybridized carbons (Fsp3) is 0.208. The highest BCUT2D eigenvalue weighted by atomic mass is 16.5. The molecule has 0 aliphatic heterocycles. The normalized spacial score (nSPS) is 14.3. The Balaban J connectivity index is 1.87. The van der Waals surface area contributed by atoms with Crippen LogP contribution in [-0.2, 0) is 0 Å². The zero-order valence-electron chi connectivity index (χ0n) is 17.3. The summed E-state index contributed by atoms with van der Waals surface area (Å²) in [7, 11) is 0. The summed E-state index contributed by atoms with van der Waals surface area (Å²) < 4.78 is 1.77. The lowest BCUT2D eigenvalue weighted by Gasteiger charge is -2.14. The van der Waals surface area contributed by atoms with Crippen LogP contribution in [0.1, 0.15) is 42.1 Å². The first-order valence-electron chi connectivity index (χ1n) is 10.4. The predicted octanol–water partition coefficient (Wildman–Crippen LogP) is 2.54. The van der Waals surface area contributed by atoms with Crippen LogP contribution in [0, 0.1) is 0 Å². The number of benzene rings is 1. The number of quaternary nitrogens is 1. The van der Waals surface area contributed by atoms with Gasteiger partial charge in [-0.3, -0.25) is 9.59 Å². The third kappa shape index (κ3) is 4.47. The van der Waals surface area contributed by atoms with Gasteiger partial charge in [-0.2, -0.15) is 5.48 Å². The molecule has 1 fully saturated rings. The van der Waals surface area contributed by atoms with Crippen LogP contribution in [0.15, 0.2) is 71.9 Å². The molecule has 2 aromatic heterocycles. The van der Waals surface area contributed by atoms with Crippen molar-refractivity contribution in [3.8, 4) is 5.69 Å². The standard InChI is InChI=1S/C24H24N4O3/c1-2-3-6-17(14-26-31)16-7-4-8-19(13-16)28-15-21(24(30)27-18-10-11-18)22(29)20-9-5-12-25-23(20)28/h3-9,12-15,18,26,31H,2,10-11H2,1H3,(H,27,30)/p+1/b6-3-,17-14+. The molecule has 1 aliphatic carbocycles. The number of pyridine rings is 2. The maximum atomic E-state index is 13.0. The molecule has 0 unspecified atom stereocenters. The zero-order chi connectivity index (χ0) is 21.8. The topological polar surface area (TPSA) is 101 Å². The van der Waals surface area contributed by atoms with Gasteiger partial charge in [0.2, 0.25) is 5.43 Å². The molecule has 0 spiro atoms. The summed E-state index contributed by atoms with van der Waals surface area (Å²) in [5, 5.41) is 12.6. The number of nitrogens with zero attached hydrogens (tertiary/aromatic N) is 2. The monoisotopic (exact) mass is 417 g/mol. The molecular formula is C24H25N4O3+. The lowest BCUT2D eigenvalue weighted by atomic mass is 10.0. The van der Waals surface area contributed by atoms with Crippen molar-refractivity contribution < 1.29 is 15.5 Å². The number of hydroxylamine groups is 1. The maximum Gasteiger partial charge on any atom is 0.257 e. The number of carbonyl (C=O) groups is 1. The van der Waals surface area contributed by atoms with Crippen LogP contribution in [0.2, 0.25) is 0 Å². The van der Waals surface area contributed by atoms with Crippen molar-refractivity contribution in [2.24, 2.45) is 0 Å². The molecule has 0 radical (unpaired) electrons. The van der Waals surface area contributed by atoms with Gasteiger partial charge in [-0.25, -0.2) is 10.2 Å². The lowest BCUT2D eigenvalue weighted by Crippen LogP contribution is -2.73. The molecule has 0 atom stereocenters. The van der Waals surface area contributed by atoms with Gasteiger partial charge in [0, 0.05) is 29.7 Å². The summed E-state index contributed by atoms with van der Waals surface area (Å²) in [6.07, 6.45) is 11.5. The fourth-order valence-corrected chi connectivity index (χ4v) is 3.42. The number of rotatable bonds is 7. The summed E-state index contributed by atoms with van der Waals surface area (Å²) in [4.78, 5) is 30.1. The van der Waals surface area contributed by atoms with Gasteiger partial charge in [-0.15, -0.1) is 0 Å². The van der Waals surface area contributed by atoms with Gasteiger partial charge in [0.15, 0.2) is 0 Å². The molecule has 3 aromatic rings. The Morgan fingerprint density at radius 3 is 2.90 bits per heavy atom. The molecule has 2 heterocycles. The molecular weight excluding hydrogens is 392 g/mol. The van der Waals surface area contributed by atoms with E-state index in [1.165, 1.54) is 0 Å². The van der Waals surface area contributed by atoms with E-state index in [-0.39, 0.29) is 22.9 Å². The minimum Gasteiger partial charge on any atom is -0.349 e. The van der Waals surface area contributed by atoms with Gasteiger partial charge in [-0.05, 0) is 49.1 Å². The second-order valence-corrected chi connectivity index (χ2v) is 7.50. The first-order chi connectivity index (χ1) is 15.1. The number of fused-ring (bicyclic) bond motifs is 1. The van der Waals surface area contributed by atoms with Gasteiger partial charge in [0.1, 0.15) is 17.4 Å². The quantitative estimate of drug-likeness (QED) is 0.406. The molecule has 4 N–H and O–H groups in total. The minimum absolute atomic E-state index is 0.100. The van der Waals surface area contributed by atoms with E-state index >= 15 is 0 Å². The highest BCUT2D eigenvalue weighted by molar-refractivity contribution is 5.97. The molecule has 7 heteroatoms. The number of hydrogen-bond acceptors (Lipinski definition) is 4. The number of aromatic nitrogens is 2. The number of hydrogen-bond donors (Lipinski definition) is 3. The van der Waals surface area contributed by atoms with Gasteiger partial charge in [0.25, 0.3) is 5.91 Å². The molecule has 1 amide bonds. The summed E-state index contributed by atoms with van der Waals surface area (Å²) in [6, 6.07) is 11.2.